The molecule has 5 heteroatoms. The minimum Gasteiger partial charge on any atom is -0.416 e. The SMILES string of the molecule is C=CC(O)OC(N)=O.COC. The first-order valence-corrected chi connectivity index (χ1v) is 2.75. The summed E-state index contributed by atoms with van der Waals surface area (Å²) in [4.78, 5) is 9.76. The van der Waals surface area contributed by atoms with Crippen LogP contribution in [0.5, 0.6) is 0 Å². The van der Waals surface area contributed by atoms with Crippen LogP contribution in [0, 0.1) is 0 Å². The molecule has 0 aromatic heterocycles. The molecule has 0 saturated heterocycles. The van der Waals surface area contributed by atoms with Crippen molar-refractivity contribution in [2.45, 2.75) is 6.29 Å². The normalized spacial score (nSPS) is 10.5. The number of carbonyl (C=O) groups is 1. The predicted octanol–water partition coefficient (Wildman–Crippen LogP) is -0.151. The van der Waals surface area contributed by atoms with E-state index in [2.05, 4.69) is 21.8 Å². The van der Waals surface area contributed by atoms with Crippen molar-refractivity contribution in [1.82, 2.24) is 0 Å². The number of nitrogens with two attached hydrogens (primary N) is 1. The van der Waals surface area contributed by atoms with Gasteiger partial charge in [-0.2, -0.15) is 0 Å². The van der Waals surface area contributed by atoms with Gasteiger partial charge in [-0.15, -0.1) is 0 Å². The van der Waals surface area contributed by atoms with Crippen LogP contribution in [0.25, 0.3) is 0 Å². The topological polar surface area (TPSA) is 81.8 Å². The van der Waals surface area contributed by atoms with Crippen LogP contribution in [-0.4, -0.2) is 31.7 Å². The molecule has 0 heterocycles. The van der Waals surface area contributed by atoms with Crippen LogP contribution in [0.4, 0.5) is 4.79 Å². The molecule has 0 spiro atoms. The van der Waals surface area contributed by atoms with Crippen LogP contribution in [0.3, 0.4) is 0 Å². The van der Waals surface area contributed by atoms with Gasteiger partial charge in [0.2, 0.25) is 6.29 Å². The number of rotatable bonds is 2. The van der Waals surface area contributed by atoms with E-state index in [0.29, 0.717) is 0 Å². The van der Waals surface area contributed by atoms with Gasteiger partial charge in [0, 0.05) is 14.2 Å². The zero-order chi connectivity index (χ0) is 9.28. The van der Waals surface area contributed by atoms with Crippen molar-refractivity contribution in [3.05, 3.63) is 12.7 Å². The van der Waals surface area contributed by atoms with Gasteiger partial charge in [0.25, 0.3) is 0 Å². The molecule has 1 unspecified atom stereocenters. The standard InChI is InChI=1S/C4H7NO3.C2H6O/c1-2-3(6)8-4(5)7;1-3-2/h2-3,6H,1H2,(H2,5,7);1-2H3. The number of hydrogen-bond acceptors (Lipinski definition) is 4. The lowest BCUT2D eigenvalue weighted by atomic mass is 10.6. The van der Waals surface area contributed by atoms with Crippen molar-refractivity contribution in [3.63, 3.8) is 0 Å². The summed E-state index contributed by atoms with van der Waals surface area (Å²) in [6.07, 6.45) is -1.25. The number of ether oxygens (including phenoxy) is 2. The fourth-order valence-corrected chi connectivity index (χ4v) is 0.167. The fraction of sp³-hybridized carbons (Fsp3) is 0.500. The lowest BCUT2D eigenvalue weighted by Crippen LogP contribution is -2.20. The maximum atomic E-state index is 9.76. The van der Waals surface area contributed by atoms with E-state index in [1.165, 1.54) is 0 Å². The molecule has 0 rings (SSSR count). The first-order valence-electron chi connectivity index (χ1n) is 2.75. The first-order chi connectivity index (χ1) is 5.08. The fourth-order valence-electron chi connectivity index (χ4n) is 0.167. The first kappa shape index (κ1) is 12.6. The molecule has 0 aromatic carbocycles. The van der Waals surface area contributed by atoms with Crippen LogP contribution < -0.4 is 5.73 Å². The second-order valence-electron chi connectivity index (χ2n) is 1.47. The van der Waals surface area contributed by atoms with E-state index in [1.807, 2.05) is 0 Å². The molecule has 0 fully saturated rings. The summed E-state index contributed by atoms with van der Waals surface area (Å²) in [5.74, 6) is 0. The molecular formula is C6H13NO4. The molecule has 5 nitrogen and oxygen atoms in total. The molecule has 0 aliphatic heterocycles. The number of carbonyl (C=O) groups excluding carboxylic acids is 1. The van der Waals surface area contributed by atoms with Gasteiger partial charge in [-0.3, -0.25) is 0 Å². The second kappa shape index (κ2) is 8.93. The highest BCUT2D eigenvalue weighted by Gasteiger charge is 1.98. The summed E-state index contributed by atoms with van der Waals surface area (Å²) < 4.78 is 8.23. The molecule has 3 N–H and O–H groups in total. The van der Waals surface area contributed by atoms with Crippen LogP contribution in [0.1, 0.15) is 0 Å². The van der Waals surface area contributed by atoms with Crippen molar-refractivity contribution in [3.8, 4) is 0 Å². The van der Waals surface area contributed by atoms with Crippen molar-refractivity contribution in [2.24, 2.45) is 5.73 Å². The third kappa shape index (κ3) is 17.6. The summed E-state index contributed by atoms with van der Waals surface area (Å²) in [5, 5.41) is 8.39. The molecule has 0 aromatic rings. The Morgan fingerprint density at radius 3 is 2.18 bits per heavy atom. The zero-order valence-corrected chi connectivity index (χ0v) is 6.61. The largest absolute Gasteiger partial charge is 0.416 e. The Labute approximate surface area is 65.4 Å². The zero-order valence-electron chi connectivity index (χ0n) is 6.61. The van der Waals surface area contributed by atoms with Gasteiger partial charge < -0.3 is 20.3 Å². The average Bonchev–Trinajstić information content (AvgIpc) is 1.88. The number of aliphatic hydroxyl groups excluding tert-OH is 1. The van der Waals surface area contributed by atoms with Gasteiger partial charge in [0.05, 0.1) is 0 Å². The third-order valence-electron chi connectivity index (χ3n) is 0.439. The van der Waals surface area contributed by atoms with Gasteiger partial charge in [0.15, 0.2) is 0 Å². The Balaban J connectivity index is 0. The molecule has 0 bridgehead atoms. The van der Waals surface area contributed by atoms with E-state index < -0.39 is 12.4 Å². The maximum absolute atomic E-state index is 9.76. The van der Waals surface area contributed by atoms with E-state index in [1.54, 1.807) is 14.2 Å². The van der Waals surface area contributed by atoms with E-state index in [4.69, 9.17) is 5.11 Å². The molecule has 0 radical (unpaired) electrons. The quantitative estimate of drug-likeness (QED) is 0.438. The van der Waals surface area contributed by atoms with E-state index in [9.17, 15) is 4.79 Å². The summed E-state index contributed by atoms with van der Waals surface area (Å²) in [6, 6.07) is 0. The molecule has 11 heavy (non-hydrogen) atoms. The van der Waals surface area contributed by atoms with Crippen LogP contribution in [-0.2, 0) is 9.47 Å². The highest BCUT2D eigenvalue weighted by atomic mass is 16.6. The van der Waals surface area contributed by atoms with Gasteiger partial charge >= 0.3 is 6.09 Å². The Morgan fingerprint density at radius 2 is 2.09 bits per heavy atom. The van der Waals surface area contributed by atoms with E-state index in [0.717, 1.165) is 6.08 Å². The van der Waals surface area contributed by atoms with Gasteiger partial charge in [-0.1, -0.05) is 6.58 Å². The molecule has 0 saturated carbocycles. The van der Waals surface area contributed by atoms with Crippen LogP contribution in [0.15, 0.2) is 12.7 Å². The van der Waals surface area contributed by atoms with Crippen LogP contribution in [0.2, 0.25) is 0 Å². The Morgan fingerprint density at radius 1 is 1.73 bits per heavy atom. The lowest BCUT2D eigenvalue weighted by molar-refractivity contribution is -0.0113. The number of hydrogen-bond donors (Lipinski definition) is 2. The monoisotopic (exact) mass is 163 g/mol. The number of amides is 1. The van der Waals surface area contributed by atoms with Gasteiger partial charge in [-0.05, 0) is 6.08 Å². The summed E-state index contributed by atoms with van der Waals surface area (Å²) >= 11 is 0. The van der Waals surface area contributed by atoms with Gasteiger partial charge in [-0.25, -0.2) is 4.79 Å². The molecular weight excluding hydrogens is 150 g/mol. The summed E-state index contributed by atoms with van der Waals surface area (Å²) in [7, 11) is 3.25. The van der Waals surface area contributed by atoms with Crippen molar-refractivity contribution in [1.29, 1.82) is 0 Å². The summed E-state index contributed by atoms with van der Waals surface area (Å²) in [6.45, 7) is 3.13. The van der Waals surface area contributed by atoms with Crippen molar-refractivity contribution in [2.75, 3.05) is 14.2 Å². The third-order valence-corrected chi connectivity index (χ3v) is 0.439. The molecule has 0 aliphatic carbocycles. The summed E-state index contributed by atoms with van der Waals surface area (Å²) in [5.41, 5.74) is 4.50. The number of methoxy groups -OCH3 is 1. The Hall–Kier alpha value is -1.07. The predicted molar refractivity (Wildman–Crippen MR) is 39.8 cm³/mol. The lowest BCUT2D eigenvalue weighted by Gasteiger charge is -2.01. The highest BCUT2D eigenvalue weighted by molar-refractivity contribution is 5.64. The van der Waals surface area contributed by atoms with Crippen LogP contribution >= 0.6 is 0 Å². The Bertz CT molecular complexity index is 115. The molecule has 0 aliphatic rings. The maximum Gasteiger partial charge on any atom is 0.407 e. The highest BCUT2D eigenvalue weighted by Crippen LogP contribution is 1.84. The Kier molecular flexibility index (Phi) is 10.2. The molecule has 66 valence electrons. The smallest absolute Gasteiger partial charge is 0.407 e. The van der Waals surface area contributed by atoms with E-state index >= 15 is 0 Å². The molecule has 1 amide bonds. The minimum absolute atomic E-state index is 1.02. The average molecular weight is 163 g/mol. The van der Waals surface area contributed by atoms with Crippen molar-refractivity contribution < 1.29 is 19.4 Å². The van der Waals surface area contributed by atoms with Gasteiger partial charge in [0.1, 0.15) is 0 Å². The van der Waals surface area contributed by atoms with Crippen molar-refractivity contribution >= 4 is 6.09 Å². The number of aliphatic hydroxyl groups is 1. The van der Waals surface area contributed by atoms with E-state index in [-0.39, 0.29) is 0 Å². The molecule has 1 atom stereocenters. The minimum atomic E-state index is -1.28. The number of primary amides is 1. The second-order valence-corrected chi connectivity index (χ2v) is 1.47.